The van der Waals surface area contributed by atoms with Gasteiger partial charge >= 0.3 is 6.18 Å². The first-order chi connectivity index (χ1) is 5.90. The number of methoxy groups -OCH3 is 1. The lowest BCUT2D eigenvalue weighted by Crippen LogP contribution is -2.53. The van der Waals surface area contributed by atoms with Crippen LogP contribution in [-0.2, 0) is 9.47 Å². The van der Waals surface area contributed by atoms with E-state index in [0.717, 1.165) is 7.11 Å². The number of hydrogen-bond acceptors (Lipinski definition) is 3. The molecular weight excluding hydrogens is 189 g/mol. The molecule has 1 aliphatic heterocycles. The van der Waals surface area contributed by atoms with Gasteiger partial charge < -0.3 is 14.6 Å². The molecule has 78 valence electrons. The maximum absolute atomic E-state index is 12.3. The van der Waals surface area contributed by atoms with Crippen LogP contribution in [0.5, 0.6) is 0 Å². The summed E-state index contributed by atoms with van der Waals surface area (Å²) in [6.07, 6.45) is -4.65. The lowest BCUT2D eigenvalue weighted by Gasteiger charge is -2.38. The van der Waals surface area contributed by atoms with E-state index in [2.05, 4.69) is 9.47 Å². The van der Waals surface area contributed by atoms with E-state index in [-0.39, 0.29) is 13.0 Å². The van der Waals surface area contributed by atoms with E-state index in [1.807, 2.05) is 0 Å². The molecule has 1 rings (SSSR count). The molecule has 1 aliphatic rings. The van der Waals surface area contributed by atoms with Crippen molar-refractivity contribution in [2.45, 2.75) is 18.4 Å². The fourth-order valence-corrected chi connectivity index (χ4v) is 1.32. The molecule has 0 saturated carbocycles. The number of rotatable bonds is 1. The van der Waals surface area contributed by atoms with Crippen molar-refractivity contribution in [1.82, 2.24) is 0 Å². The lowest BCUT2D eigenvalue weighted by molar-refractivity contribution is -0.332. The minimum atomic E-state index is -4.49. The van der Waals surface area contributed by atoms with Gasteiger partial charge in [-0.1, -0.05) is 0 Å². The van der Waals surface area contributed by atoms with Crippen LogP contribution < -0.4 is 0 Å². The molecule has 0 bridgehead atoms. The molecule has 0 amide bonds. The zero-order valence-corrected chi connectivity index (χ0v) is 7.10. The van der Waals surface area contributed by atoms with Crippen LogP contribution in [0.25, 0.3) is 0 Å². The average molecular weight is 200 g/mol. The van der Waals surface area contributed by atoms with Gasteiger partial charge in [-0.15, -0.1) is 0 Å². The van der Waals surface area contributed by atoms with Crippen molar-refractivity contribution in [3.05, 3.63) is 0 Å². The van der Waals surface area contributed by atoms with Crippen LogP contribution in [0.2, 0.25) is 0 Å². The van der Waals surface area contributed by atoms with Gasteiger partial charge in [-0.25, -0.2) is 0 Å². The second-order valence-electron chi connectivity index (χ2n) is 2.97. The maximum atomic E-state index is 12.3. The van der Waals surface area contributed by atoms with Crippen molar-refractivity contribution >= 4 is 0 Å². The first-order valence-corrected chi connectivity index (χ1v) is 3.82. The van der Waals surface area contributed by atoms with Crippen LogP contribution in [0.1, 0.15) is 6.42 Å². The van der Waals surface area contributed by atoms with E-state index in [1.165, 1.54) is 0 Å². The van der Waals surface area contributed by atoms with Crippen molar-refractivity contribution in [3.8, 4) is 0 Å². The van der Waals surface area contributed by atoms with Gasteiger partial charge in [0.25, 0.3) is 0 Å². The molecule has 1 saturated heterocycles. The number of halogens is 3. The summed E-state index contributed by atoms with van der Waals surface area (Å²) >= 11 is 0. The third-order valence-corrected chi connectivity index (χ3v) is 2.18. The van der Waals surface area contributed by atoms with E-state index in [1.54, 1.807) is 0 Å². The zero-order chi connectivity index (χ0) is 10.1. The third kappa shape index (κ3) is 2.12. The predicted molar refractivity (Wildman–Crippen MR) is 36.9 cm³/mol. The monoisotopic (exact) mass is 200 g/mol. The molecule has 0 aromatic carbocycles. The van der Waals surface area contributed by atoms with Gasteiger partial charge in [0.05, 0.1) is 13.2 Å². The van der Waals surface area contributed by atoms with Crippen LogP contribution in [0.3, 0.4) is 0 Å². The molecule has 0 radical (unpaired) electrons. The molecule has 0 spiro atoms. The maximum Gasteiger partial charge on any atom is 0.399 e. The summed E-state index contributed by atoms with van der Waals surface area (Å²) in [5.74, 6) is -4.09. The normalized spacial score (nSPS) is 36.2. The molecule has 3 nitrogen and oxygen atoms in total. The Kier molecular flexibility index (Phi) is 2.84. The summed E-state index contributed by atoms with van der Waals surface area (Å²) in [4.78, 5) is 0. The molecule has 2 unspecified atom stereocenters. The van der Waals surface area contributed by atoms with Gasteiger partial charge in [-0.2, -0.15) is 13.2 Å². The second-order valence-corrected chi connectivity index (χ2v) is 2.97. The van der Waals surface area contributed by atoms with Crippen LogP contribution >= 0.6 is 0 Å². The Hall–Kier alpha value is -0.330. The van der Waals surface area contributed by atoms with Gasteiger partial charge in [0.2, 0.25) is 0 Å². The summed E-state index contributed by atoms with van der Waals surface area (Å²) < 4.78 is 46.0. The molecule has 1 fully saturated rings. The van der Waals surface area contributed by atoms with E-state index >= 15 is 0 Å². The SMILES string of the molecule is COC1(O)CCOCC1C(F)(F)F. The largest absolute Gasteiger partial charge is 0.399 e. The third-order valence-electron chi connectivity index (χ3n) is 2.18. The predicted octanol–water partition coefficient (Wildman–Crippen LogP) is 0.920. The lowest BCUT2D eigenvalue weighted by atomic mass is 9.94. The number of hydrogen-bond donors (Lipinski definition) is 1. The molecule has 13 heavy (non-hydrogen) atoms. The Morgan fingerprint density at radius 3 is 2.54 bits per heavy atom. The van der Waals surface area contributed by atoms with Gasteiger partial charge in [-0.05, 0) is 0 Å². The Morgan fingerprint density at radius 2 is 2.15 bits per heavy atom. The number of aliphatic hydroxyl groups is 1. The topological polar surface area (TPSA) is 38.7 Å². The molecular formula is C7H11F3O3. The molecule has 0 aliphatic carbocycles. The molecule has 6 heteroatoms. The van der Waals surface area contributed by atoms with Crippen molar-refractivity contribution in [1.29, 1.82) is 0 Å². The summed E-state index contributed by atoms with van der Waals surface area (Å²) in [6.45, 7) is -0.468. The number of alkyl halides is 3. The minimum absolute atomic E-state index is 0.0803. The Morgan fingerprint density at radius 1 is 1.54 bits per heavy atom. The Labute approximate surface area is 73.4 Å². The second kappa shape index (κ2) is 3.43. The first-order valence-electron chi connectivity index (χ1n) is 3.82. The van der Waals surface area contributed by atoms with E-state index in [0.29, 0.717) is 0 Å². The highest BCUT2D eigenvalue weighted by molar-refractivity contribution is 4.85. The quantitative estimate of drug-likeness (QED) is 0.639. The smallest absolute Gasteiger partial charge is 0.380 e. The van der Waals surface area contributed by atoms with Gasteiger partial charge in [-0.3, -0.25) is 0 Å². The van der Waals surface area contributed by atoms with Crippen LogP contribution in [0.4, 0.5) is 13.2 Å². The highest BCUT2D eigenvalue weighted by Gasteiger charge is 2.55. The van der Waals surface area contributed by atoms with Gasteiger partial charge in [0.15, 0.2) is 5.79 Å². The molecule has 1 N–H and O–H groups in total. The molecule has 0 aromatic heterocycles. The van der Waals surface area contributed by atoms with Gasteiger partial charge in [0.1, 0.15) is 5.92 Å². The standard InChI is InChI=1S/C7H11F3O3/c1-12-6(11)2-3-13-4-5(6)7(8,9)10/h5,11H,2-4H2,1H3. The Bertz CT molecular complexity index is 182. The summed E-state index contributed by atoms with van der Waals surface area (Å²) in [5, 5.41) is 9.45. The summed E-state index contributed by atoms with van der Waals surface area (Å²) in [7, 11) is 1.06. The summed E-state index contributed by atoms with van der Waals surface area (Å²) in [5.41, 5.74) is 0. The first kappa shape index (κ1) is 10.7. The van der Waals surface area contributed by atoms with Crippen molar-refractivity contribution in [3.63, 3.8) is 0 Å². The van der Waals surface area contributed by atoms with Crippen LogP contribution in [-0.4, -0.2) is 37.4 Å². The fourth-order valence-electron chi connectivity index (χ4n) is 1.32. The van der Waals surface area contributed by atoms with E-state index in [4.69, 9.17) is 0 Å². The van der Waals surface area contributed by atoms with Crippen molar-refractivity contribution < 1.29 is 27.8 Å². The van der Waals surface area contributed by atoms with E-state index in [9.17, 15) is 18.3 Å². The summed E-state index contributed by atoms with van der Waals surface area (Å²) in [6, 6.07) is 0. The van der Waals surface area contributed by atoms with E-state index < -0.39 is 24.5 Å². The molecule has 1 heterocycles. The fraction of sp³-hybridized carbons (Fsp3) is 1.00. The molecule has 0 aromatic rings. The highest BCUT2D eigenvalue weighted by atomic mass is 19.4. The van der Waals surface area contributed by atoms with Crippen LogP contribution in [0.15, 0.2) is 0 Å². The van der Waals surface area contributed by atoms with Crippen LogP contribution in [0, 0.1) is 5.92 Å². The van der Waals surface area contributed by atoms with Gasteiger partial charge in [0, 0.05) is 13.5 Å². The number of ether oxygens (including phenoxy) is 2. The highest BCUT2D eigenvalue weighted by Crippen LogP contribution is 2.39. The van der Waals surface area contributed by atoms with Crippen molar-refractivity contribution in [2.24, 2.45) is 5.92 Å². The Balaban J connectivity index is 2.79. The molecule has 2 atom stereocenters. The zero-order valence-electron chi connectivity index (χ0n) is 7.10. The van der Waals surface area contributed by atoms with Crippen molar-refractivity contribution in [2.75, 3.05) is 20.3 Å². The average Bonchev–Trinajstić information content (AvgIpc) is 2.03. The minimum Gasteiger partial charge on any atom is -0.380 e.